The summed E-state index contributed by atoms with van der Waals surface area (Å²) in [5, 5.41) is 0. The topological polar surface area (TPSA) is 78.3 Å². The number of imidazole rings is 1. The van der Waals surface area contributed by atoms with E-state index < -0.39 is 0 Å². The summed E-state index contributed by atoms with van der Waals surface area (Å²) in [6.07, 6.45) is 5.36. The zero-order valence-electron chi connectivity index (χ0n) is 18.1. The van der Waals surface area contributed by atoms with Crippen molar-refractivity contribution in [1.82, 2.24) is 19.3 Å². The fourth-order valence-electron chi connectivity index (χ4n) is 2.89. The SMILES string of the molecule is COC(=O)CNSc1ccc(Cn2cnc3cnccc32)cc1.COCc1ccccc1. The number of rotatable bonds is 8. The van der Waals surface area contributed by atoms with Crippen LogP contribution in [-0.4, -0.2) is 41.3 Å². The third-order valence-electron chi connectivity index (χ3n) is 4.49. The highest BCUT2D eigenvalue weighted by molar-refractivity contribution is 7.97. The minimum absolute atomic E-state index is 0.179. The summed E-state index contributed by atoms with van der Waals surface area (Å²) >= 11 is 1.41. The first kappa shape index (κ1) is 23.5. The van der Waals surface area contributed by atoms with Crippen LogP contribution < -0.4 is 4.72 Å². The maximum atomic E-state index is 11.0. The van der Waals surface area contributed by atoms with Gasteiger partial charge in [0.15, 0.2) is 0 Å². The largest absolute Gasteiger partial charge is 0.468 e. The molecule has 0 radical (unpaired) electrons. The van der Waals surface area contributed by atoms with Gasteiger partial charge in [0.25, 0.3) is 0 Å². The minimum Gasteiger partial charge on any atom is -0.468 e. The number of fused-ring (bicyclic) bond motifs is 1. The number of pyridine rings is 1. The molecule has 0 bridgehead atoms. The van der Waals surface area contributed by atoms with Crippen molar-refractivity contribution in [3.63, 3.8) is 0 Å². The number of ether oxygens (including phenoxy) is 2. The standard InChI is InChI=1S/C16H16N4O2S.C8H10O/c1-22-16(21)9-19-23-13-4-2-12(3-5-13)10-20-11-18-14-8-17-7-6-15(14)20;1-9-7-8-5-3-2-4-6-8/h2-8,11,19H,9-10H2,1H3;2-6H,7H2,1H3. The Labute approximate surface area is 191 Å². The van der Waals surface area contributed by atoms with Gasteiger partial charge in [0.2, 0.25) is 0 Å². The molecule has 4 aromatic rings. The maximum Gasteiger partial charge on any atom is 0.320 e. The molecule has 0 aliphatic heterocycles. The number of methoxy groups -OCH3 is 2. The molecule has 7 nitrogen and oxygen atoms in total. The first-order valence-corrected chi connectivity index (χ1v) is 10.8. The maximum absolute atomic E-state index is 11.0. The monoisotopic (exact) mass is 450 g/mol. The van der Waals surface area contributed by atoms with Crippen LogP contribution in [0, 0.1) is 0 Å². The highest BCUT2D eigenvalue weighted by Gasteiger charge is 2.04. The summed E-state index contributed by atoms with van der Waals surface area (Å²) in [5.41, 5.74) is 4.36. The van der Waals surface area contributed by atoms with Crippen LogP contribution in [-0.2, 0) is 27.4 Å². The van der Waals surface area contributed by atoms with E-state index in [0.29, 0.717) is 6.61 Å². The van der Waals surface area contributed by atoms with Crippen molar-refractivity contribution in [2.75, 3.05) is 20.8 Å². The van der Waals surface area contributed by atoms with E-state index in [4.69, 9.17) is 4.74 Å². The van der Waals surface area contributed by atoms with Crippen LogP contribution in [0.15, 0.2) is 84.3 Å². The Hall–Kier alpha value is -3.20. The van der Waals surface area contributed by atoms with Gasteiger partial charge in [-0.25, -0.2) is 9.71 Å². The molecule has 0 unspecified atom stereocenters. The van der Waals surface area contributed by atoms with Gasteiger partial charge in [-0.15, -0.1) is 0 Å². The molecular formula is C24H26N4O3S. The van der Waals surface area contributed by atoms with E-state index in [0.717, 1.165) is 22.5 Å². The summed E-state index contributed by atoms with van der Waals surface area (Å²) in [4.78, 5) is 20.5. The van der Waals surface area contributed by atoms with Crippen LogP contribution in [0.1, 0.15) is 11.1 Å². The minimum atomic E-state index is -0.282. The number of aromatic nitrogens is 3. The van der Waals surface area contributed by atoms with Gasteiger partial charge in [0.05, 0.1) is 31.8 Å². The molecule has 0 amide bonds. The van der Waals surface area contributed by atoms with Crippen molar-refractivity contribution in [2.24, 2.45) is 0 Å². The number of nitrogens with zero attached hydrogens (tertiary/aromatic N) is 3. The molecule has 2 aromatic heterocycles. The summed E-state index contributed by atoms with van der Waals surface area (Å²) in [7, 11) is 3.08. The number of hydrogen-bond donors (Lipinski definition) is 1. The molecule has 0 atom stereocenters. The highest BCUT2D eigenvalue weighted by atomic mass is 32.2. The van der Waals surface area contributed by atoms with Crippen LogP contribution >= 0.6 is 11.9 Å². The van der Waals surface area contributed by atoms with Crippen LogP contribution in [0.4, 0.5) is 0 Å². The average molecular weight is 451 g/mol. The van der Waals surface area contributed by atoms with E-state index >= 15 is 0 Å². The molecule has 0 aliphatic carbocycles. The fraction of sp³-hybridized carbons (Fsp3) is 0.208. The lowest BCUT2D eigenvalue weighted by Crippen LogP contribution is -2.17. The zero-order valence-corrected chi connectivity index (χ0v) is 18.9. The Morgan fingerprint density at radius 3 is 2.53 bits per heavy atom. The van der Waals surface area contributed by atoms with E-state index in [2.05, 4.69) is 36.1 Å². The summed E-state index contributed by atoms with van der Waals surface area (Å²) in [6.45, 7) is 1.64. The van der Waals surface area contributed by atoms with Gasteiger partial charge in [0, 0.05) is 24.7 Å². The van der Waals surface area contributed by atoms with Gasteiger partial charge in [0.1, 0.15) is 12.1 Å². The fourth-order valence-corrected chi connectivity index (χ4v) is 3.52. The average Bonchev–Trinajstić information content (AvgIpc) is 3.24. The number of esters is 1. The van der Waals surface area contributed by atoms with Crippen LogP contribution in [0.2, 0.25) is 0 Å². The Kier molecular flexibility index (Phi) is 9.24. The van der Waals surface area contributed by atoms with E-state index in [1.165, 1.54) is 30.2 Å². The highest BCUT2D eigenvalue weighted by Crippen LogP contribution is 2.17. The van der Waals surface area contributed by atoms with Gasteiger partial charge in [-0.3, -0.25) is 9.78 Å². The molecule has 0 fully saturated rings. The van der Waals surface area contributed by atoms with E-state index in [1.54, 1.807) is 19.5 Å². The molecule has 0 spiro atoms. The Balaban J connectivity index is 0.000000269. The Morgan fingerprint density at radius 1 is 1.03 bits per heavy atom. The molecule has 4 rings (SSSR count). The van der Waals surface area contributed by atoms with Gasteiger partial charge in [-0.1, -0.05) is 42.5 Å². The van der Waals surface area contributed by atoms with Gasteiger partial charge in [-0.2, -0.15) is 0 Å². The second-order valence-electron chi connectivity index (χ2n) is 6.80. The van der Waals surface area contributed by atoms with Crippen molar-refractivity contribution in [1.29, 1.82) is 0 Å². The predicted molar refractivity (Wildman–Crippen MR) is 126 cm³/mol. The summed E-state index contributed by atoms with van der Waals surface area (Å²) < 4.78 is 14.6. The first-order chi connectivity index (χ1) is 15.7. The third kappa shape index (κ3) is 7.19. The molecule has 32 heavy (non-hydrogen) atoms. The number of benzene rings is 2. The molecule has 1 N–H and O–H groups in total. The second kappa shape index (κ2) is 12.6. The molecule has 8 heteroatoms. The zero-order chi connectivity index (χ0) is 22.6. The number of carbonyl (C=O) groups excluding carboxylic acids is 1. The molecule has 0 aliphatic rings. The quantitative estimate of drug-likeness (QED) is 0.320. The van der Waals surface area contributed by atoms with Gasteiger partial charge in [-0.05, 0) is 41.3 Å². The first-order valence-electron chi connectivity index (χ1n) is 10.0. The number of hydrogen-bond acceptors (Lipinski definition) is 7. The Bertz CT molecular complexity index is 1100. The molecule has 2 aromatic carbocycles. The molecule has 166 valence electrons. The lowest BCUT2D eigenvalue weighted by molar-refractivity contribution is -0.139. The van der Waals surface area contributed by atoms with Crippen LogP contribution in [0.25, 0.3) is 11.0 Å². The number of nitrogens with one attached hydrogen (secondary N) is 1. The summed E-state index contributed by atoms with van der Waals surface area (Å²) in [6, 6.07) is 20.2. The van der Waals surface area contributed by atoms with Gasteiger partial charge >= 0.3 is 5.97 Å². The smallest absolute Gasteiger partial charge is 0.320 e. The van der Waals surface area contributed by atoms with E-state index in [9.17, 15) is 4.79 Å². The van der Waals surface area contributed by atoms with E-state index in [1.807, 2.05) is 54.9 Å². The second-order valence-corrected chi connectivity index (χ2v) is 7.76. The summed E-state index contributed by atoms with van der Waals surface area (Å²) in [5.74, 6) is -0.282. The van der Waals surface area contributed by atoms with Crippen molar-refractivity contribution in [3.05, 3.63) is 90.5 Å². The van der Waals surface area contributed by atoms with Crippen molar-refractivity contribution in [3.8, 4) is 0 Å². The van der Waals surface area contributed by atoms with E-state index in [-0.39, 0.29) is 12.5 Å². The van der Waals surface area contributed by atoms with Crippen molar-refractivity contribution < 1.29 is 14.3 Å². The van der Waals surface area contributed by atoms with Crippen molar-refractivity contribution in [2.45, 2.75) is 18.0 Å². The Morgan fingerprint density at radius 2 is 1.81 bits per heavy atom. The lowest BCUT2D eigenvalue weighted by Gasteiger charge is -2.06. The molecule has 2 heterocycles. The third-order valence-corrected chi connectivity index (χ3v) is 5.28. The molecule has 0 saturated heterocycles. The van der Waals surface area contributed by atoms with Crippen LogP contribution in [0.5, 0.6) is 0 Å². The van der Waals surface area contributed by atoms with Crippen molar-refractivity contribution >= 4 is 29.0 Å². The van der Waals surface area contributed by atoms with Gasteiger partial charge < -0.3 is 14.0 Å². The molecular weight excluding hydrogens is 424 g/mol. The lowest BCUT2D eigenvalue weighted by atomic mass is 10.2. The number of carbonyl (C=O) groups is 1. The normalized spacial score (nSPS) is 10.4. The van der Waals surface area contributed by atoms with Crippen LogP contribution in [0.3, 0.4) is 0 Å². The predicted octanol–water partition coefficient (Wildman–Crippen LogP) is 4.08. The molecule has 0 saturated carbocycles.